The molecule has 0 radical (unpaired) electrons. The molecule has 1 aromatic heterocycles. The second kappa shape index (κ2) is 5.80. The smallest absolute Gasteiger partial charge is 0.266 e. The molecule has 1 fully saturated rings. The zero-order valence-corrected chi connectivity index (χ0v) is 12.0. The topological polar surface area (TPSA) is 20.3 Å². The van der Waals surface area contributed by atoms with Crippen LogP contribution in [0.15, 0.2) is 22.4 Å². The van der Waals surface area contributed by atoms with Crippen LogP contribution in [-0.2, 0) is 4.79 Å². The molecule has 0 aromatic carbocycles. The van der Waals surface area contributed by atoms with Crippen molar-refractivity contribution in [1.82, 2.24) is 4.90 Å². The summed E-state index contributed by atoms with van der Waals surface area (Å²) in [6.45, 7) is 2.85. The molecule has 1 aliphatic rings. The molecule has 0 bridgehead atoms. The van der Waals surface area contributed by atoms with Crippen molar-refractivity contribution in [2.24, 2.45) is 0 Å². The zero-order valence-electron chi connectivity index (χ0n) is 9.51. The molecule has 1 amide bonds. The fourth-order valence-electron chi connectivity index (χ4n) is 1.51. The number of hydrogen-bond donors (Lipinski definition) is 0. The number of carbonyl (C=O) groups excluding carboxylic acids is 1. The summed E-state index contributed by atoms with van der Waals surface area (Å²) in [6, 6.07) is 3.98. The van der Waals surface area contributed by atoms with Crippen molar-refractivity contribution >= 4 is 51.6 Å². The first-order valence-corrected chi connectivity index (χ1v) is 7.61. The number of thiocarbonyl (C=S) groups is 1. The van der Waals surface area contributed by atoms with E-state index in [1.165, 1.54) is 11.8 Å². The van der Waals surface area contributed by atoms with E-state index < -0.39 is 0 Å². The van der Waals surface area contributed by atoms with Crippen LogP contribution in [-0.4, -0.2) is 21.7 Å². The number of thiophene rings is 1. The average molecular weight is 283 g/mol. The Morgan fingerprint density at radius 3 is 3.00 bits per heavy atom. The molecular formula is C12H13NOS3. The highest BCUT2D eigenvalue weighted by atomic mass is 32.2. The molecule has 1 aromatic rings. The zero-order chi connectivity index (χ0) is 12.3. The third-order valence-corrected chi connectivity index (χ3v) is 4.62. The van der Waals surface area contributed by atoms with Gasteiger partial charge in [-0.05, 0) is 23.9 Å². The van der Waals surface area contributed by atoms with Gasteiger partial charge >= 0.3 is 0 Å². The Morgan fingerprint density at radius 1 is 1.53 bits per heavy atom. The monoisotopic (exact) mass is 283 g/mol. The fraction of sp³-hybridized carbons (Fsp3) is 0.333. The number of nitrogens with zero attached hydrogens (tertiary/aromatic N) is 1. The highest BCUT2D eigenvalue weighted by Gasteiger charge is 2.31. The molecule has 0 N–H and O–H groups in total. The van der Waals surface area contributed by atoms with Gasteiger partial charge in [-0.3, -0.25) is 9.69 Å². The lowest BCUT2D eigenvalue weighted by atomic mass is 10.3. The summed E-state index contributed by atoms with van der Waals surface area (Å²) in [5.74, 6) is 0.0573. The van der Waals surface area contributed by atoms with Crippen molar-refractivity contribution in [2.75, 3.05) is 6.54 Å². The SMILES string of the molecule is CCCCN1C(=O)/C(=C\c2cccs2)SC1=S. The van der Waals surface area contributed by atoms with Gasteiger partial charge in [-0.25, -0.2) is 0 Å². The highest BCUT2D eigenvalue weighted by molar-refractivity contribution is 8.26. The molecule has 1 saturated heterocycles. The van der Waals surface area contributed by atoms with Gasteiger partial charge in [-0.1, -0.05) is 43.4 Å². The summed E-state index contributed by atoms with van der Waals surface area (Å²) in [5, 5.41) is 2.00. The molecule has 0 atom stereocenters. The number of hydrogen-bond acceptors (Lipinski definition) is 4. The maximum Gasteiger partial charge on any atom is 0.266 e. The molecule has 0 saturated carbocycles. The van der Waals surface area contributed by atoms with E-state index in [0.717, 1.165) is 29.2 Å². The third-order valence-electron chi connectivity index (χ3n) is 2.43. The van der Waals surface area contributed by atoms with Gasteiger partial charge in [-0.2, -0.15) is 0 Å². The molecular weight excluding hydrogens is 270 g/mol. The van der Waals surface area contributed by atoms with E-state index in [-0.39, 0.29) is 5.91 Å². The Balaban J connectivity index is 2.13. The normalized spacial score (nSPS) is 18.4. The van der Waals surface area contributed by atoms with Gasteiger partial charge in [0.25, 0.3) is 5.91 Å². The van der Waals surface area contributed by atoms with Crippen molar-refractivity contribution < 1.29 is 4.79 Å². The van der Waals surface area contributed by atoms with Crippen molar-refractivity contribution in [3.63, 3.8) is 0 Å². The molecule has 2 heterocycles. The number of amides is 1. The summed E-state index contributed by atoms with van der Waals surface area (Å²) in [6.07, 6.45) is 4.00. The maximum absolute atomic E-state index is 12.1. The summed E-state index contributed by atoms with van der Waals surface area (Å²) < 4.78 is 0.686. The van der Waals surface area contributed by atoms with Crippen molar-refractivity contribution in [3.05, 3.63) is 27.3 Å². The van der Waals surface area contributed by atoms with Crippen LogP contribution in [0.25, 0.3) is 6.08 Å². The maximum atomic E-state index is 12.1. The molecule has 2 rings (SSSR count). The Bertz CT molecular complexity index is 450. The van der Waals surface area contributed by atoms with E-state index in [0.29, 0.717) is 4.32 Å². The second-order valence-electron chi connectivity index (χ2n) is 3.70. The Labute approximate surface area is 115 Å². The van der Waals surface area contributed by atoms with Gasteiger partial charge in [0.15, 0.2) is 0 Å². The van der Waals surface area contributed by atoms with Crippen molar-refractivity contribution in [1.29, 1.82) is 0 Å². The van der Waals surface area contributed by atoms with Gasteiger partial charge in [-0.15, -0.1) is 11.3 Å². The van der Waals surface area contributed by atoms with E-state index in [1.807, 2.05) is 23.6 Å². The first kappa shape index (κ1) is 12.8. The average Bonchev–Trinajstić information content (AvgIpc) is 2.89. The number of unbranched alkanes of at least 4 members (excludes halogenated alkanes) is 1. The third kappa shape index (κ3) is 2.97. The lowest BCUT2D eigenvalue weighted by molar-refractivity contribution is -0.122. The van der Waals surface area contributed by atoms with Crippen LogP contribution >= 0.6 is 35.3 Å². The first-order valence-electron chi connectivity index (χ1n) is 5.51. The van der Waals surface area contributed by atoms with Gasteiger partial charge in [0.1, 0.15) is 4.32 Å². The Morgan fingerprint density at radius 2 is 2.35 bits per heavy atom. The molecule has 0 spiro atoms. The molecule has 1 aliphatic heterocycles. The fourth-order valence-corrected chi connectivity index (χ4v) is 3.54. The predicted octanol–water partition coefficient (Wildman–Crippen LogP) is 3.75. The summed E-state index contributed by atoms with van der Waals surface area (Å²) in [5.41, 5.74) is 0. The van der Waals surface area contributed by atoms with Crippen LogP contribution in [0.2, 0.25) is 0 Å². The van der Waals surface area contributed by atoms with Gasteiger partial charge in [0, 0.05) is 11.4 Å². The standard InChI is InChI=1S/C12H13NOS3/c1-2-3-6-13-11(14)10(17-12(13)15)8-9-5-4-7-16-9/h4-5,7-8H,2-3,6H2,1H3/b10-8+. The quantitative estimate of drug-likeness (QED) is 0.620. The lowest BCUT2D eigenvalue weighted by Gasteiger charge is -2.12. The minimum absolute atomic E-state index is 0.0573. The molecule has 90 valence electrons. The van der Waals surface area contributed by atoms with E-state index in [9.17, 15) is 4.79 Å². The van der Waals surface area contributed by atoms with E-state index >= 15 is 0 Å². The van der Waals surface area contributed by atoms with Gasteiger partial charge in [0.05, 0.1) is 4.91 Å². The Hall–Kier alpha value is -0.650. The van der Waals surface area contributed by atoms with Crippen LogP contribution < -0.4 is 0 Å². The highest BCUT2D eigenvalue weighted by Crippen LogP contribution is 2.33. The summed E-state index contributed by atoms with van der Waals surface area (Å²) in [4.78, 5) is 15.7. The second-order valence-corrected chi connectivity index (χ2v) is 6.36. The van der Waals surface area contributed by atoms with E-state index in [4.69, 9.17) is 12.2 Å². The number of rotatable bonds is 4. The molecule has 0 aliphatic carbocycles. The van der Waals surface area contributed by atoms with Crippen molar-refractivity contribution in [2.45, 2.75) is 19.8 Å². The van der Waals surface area contributed by atoms with Crippen molar-refractivity contribution in [3.8, 4) is 0 Å². The number of thioether (sulfide) groups is 1. The van der Waals surface area contributed by atoms with Crippen LogP contribution in [0.1, 0.15) is 24.6 Å². The van der Waals surface area contributed by atoms with Crippen LogP contribution in [0.4, 0.5) is 0 Å². The Kier molecular flexibility index (Phi) is 4.36. The minimum atomic E-state index is 0.0573. The molecule has 5 heteroatoms. The first-order chi connectivity index (χ1) is 8.22. The molecule has 2 nitrogen and oxygen atoms in total. The molecule has 17 heavy (non-hydrogen) atoms. The number of carbonyl (C=O) groups is 1. The van der Waals surface area contributed by atoms with Crippen LogP contribution in [0.5, 0.6) is 0 Å². The largest absolute Gasteiger partial charge is 0.293 e. The van der Waals surface area contributed by atoms with E-state index in [2.05, 4.69) is 6.92 Å². The molecule has 0 unspecified atom stereocenters. The van der Waals surface area contributed by atoms with Crippen LogP contribution in [0, 0.1) is 0 Å². The van der Waals surface area contributed by atoms with Crippen LogP contribution in [0.3, 0.4) is 0 Å². The minimum Gasteiger partial charge on any atom is -0.293 e. The van der Waals surface area contributed by atoms with E-state index in [1.54, 1.807) is 16.2 Å². The summed E-state index contributed by atoms with van der Waals surface area (Å²) in [7, 11) is 0. The van der Waals surface area contributed by atoms with Gasteiger partial charge < -0.3 is 0 Å². The van der Waals surface area contributed by atoms with Gasteiger partial charge in [0.2, 0.25) is 0 Å². The predicted molar refractivity (Wildman–Crippen MR) is 79.1 cm³/mol. The summed E-state index contributed by atoms with van der Waals surface area (Å²) >= 11 is 8.27. The lowest BCUT2D eigenvalue weighted by Crippen LogP contribution is -2.28.